The van der Waals surface area contributed by atoms with Gasteiger partial charge in [0.1, 0.15) is 19.0 Å². The standard InChI is InChI=1S/C14H19N3O2/c1-8(2)9(15)5-14-16-10-6-12-13(7-11(10)17-14)19-4-3-18-12/h6-9H,3-5,15H2,1-2H3,(H,16,17). The van der Waals surface area contributed by atoms with E-state index >= 15 is 0 Å². The van der Waals surface area contributed by atoms with E-state index < -0.39 is 0 Å². The number of aromatic nitrogens is 2. The minimum Gasteiger partial charge on any atom is -0.486 e. The van der Waals surface area contributed by atoms with Gasteiger partial charge in [0.25, 0.3) is 0 Å². The first-order valence-corrected chi connectivity index (χ1v) is 6.67. The third kappa shape index (κ3) is 2.38. The first kappa shape index (κ1) is 12.3. The number of rotatable bonds is 3. The number of aromatic amines is 1. The molecule has 1 aliphatic heterocycles. The van der Waals surface area contributed by atoms with Crippen molar-refractivity contribution in [2.45, 2.75) is 26.3 Å². The van der Waals surface area contributed by atoms with E-state index in [1.165, 1.54) is 0 Å². The van der Waals surface area contributed by atoms with Crippen molar-refractivity contribution in [3.8, 4) is 11.5 Å². The summed E-state index contributed by atoms with van der Waals surface area (Å²) < 4.78 is 11.1. The SMILES string of the molecule is CC(C)C(N)Cc1nc2cc3c(cc2[nH]1)OCCO3. The second kappa shape index (κ2) is 4.74. The molecule has 5 nitrogen and oxygen atoms in total. The lowest BCUT2D eigenvalue weighted by molar-refractivity contribution is 0.172. The van der Waals surface area contributed by atoms with E-state index in [0.717, 1.165) is 34.8 Å². The van der Waals surface area contributed by atoms with Crippen LogP contribution in [0.4, 0.5) is 0 Å². The summed E-state index contributed by atoms with van der Waals surface area (Å²) in [5.74, 6) is 2.90. The molecule has 0 saturated carbocycles. The summed E-state index contributed by atoms with van der Waals surface area (Å²) in [5, 5.41) is 0. The average molecular weight is 261 g/mol. The largest absolute Gasteiger partial charge is 0.486 e. The molecule has 1 atom stereocenters. The van der Waals surface area contributed by atoms with E-state index in [0.29, 0.717) is 19.1 Å². The van der Waals surface area contributed by atoms with Crippen LogP contribution in [0, 0.1) is 5.92 Å². The van der Waals surface area contributed by atoms with E-state index in [1.54, 1.807) is 0 Å². The van der Waals surface area contributed by atoms with Gasteiger partial charge in [-0.3, -0.25) is 0 Å². The van der Waals surface area contributed by atoms with Gasteiger partial charge in [-0.25, -0.2) is 4.98 Å². The Morgan fingerprint density at radius 1 is 1.26 bits per heavy atom. The molecule has 0 aliphatic carbocycles. The Balaban J connectivity index is 1.92. The fourth-order valence-electron chi connectivity index (χ4n) is 2.16. The topological polar surface area (TPSA) is 73.2 Å². The number of nitrogens with one attached hydrogen (secondary N) is 1. The van der Waals surface area contributed by atoms with Crippen LogP contribution in [0.25, 0.3) is 11.0 Å². The van der Waals surface area contributed by atoms with Crippen LogP contribution in [0.1, 0.15) is 19.7 Å². The maximum absolute atomic E-state index is 6.08. The molecule has 2 heterocycles. The van der Waals surface area contributed by atoms with Gasteiger partial charge in [0.15, 0.2) is 11.5 Å². The monoisotopic (exact) mass is 261 g/mol. The quantitative estimate of drug-likeness (QED) is 0.884. The van der Waals surface area contributed by atoms with E-state index in [-0.39, 0.29) is 6.04 Å². The van der Waals surface area contributed by atoms with Crippen LogP contribution in [0.2, 0.25) is 0 Å². The van der Waals surface area contributed by atoms with Crippen LogP contribution >= 0.6 is 0 Å². The normalized spacial score (nSPS) is 16.0. The van der Waals surface area contributed by atoms with Gasteiger partial charge in [-0.1, -0.05) is 13.8 Å². The van der Waals surface area contributed by atoms with Crippen molar-refractivity contribution in [2.24, 2.45) is 11.7 Å². The Kier molecular flexibility index (Phi) is 3.06. The maximum Gasteiger partial charge on any atom is 0.163 e. The zero-order valence-corrected chi connectivity index (χ0v) is 11.3. The van der Waals surface area contributed by atoms with Crippen LogP contribution in [0.15, 0.2) is 12.1 Å². The molecule has 3 N–H and O–H groups in total. The lowest BCUT2D eigenvalue weighted by atomic mass is 10.0. The maximum atomic E-state index is 6.08. The zero-order valence-electron chi connectivity index (χ0n) is 11.3. The van der Waals surface area contributed by atoms with E-state index in [2.05, 4.69) is 23.8 Å². The molecular weight excluding hydrogens is 242 g/mol. The number of nitrogens with two attached hydrogens (primary N) is 1. The van der Waals surface area contributed by atoms with Gasteiger partial charge in [0, 0.05) is 24.6 Å². The molecule has 5 heteroatoms. The molecule has 102 valence electrons. The number of hydrogen-bond acceptors (Lipinski definition) is 4. The van der Waals surface area contributed by atoms with Crippen LogP contribution < -0.4 is 15.2 Å². The Morgan fingerprint density at radius 2 is 1.95 bits per heavy atom. The number of hydrogen-bond donors (Lipinski definition) is 2. The molecule has 1 unspecified atom stereocenters. The van der Waals surface area contributed by atoms with Crippen molar-refractivity contribution >= 4 is 11.0 Å². The Bertz CT molecular complexity index is 549. The van der Waals surface area contributed by atoms with Gasteiger partial charge in [0.05, 0.1) is 11.0 Å². The van der Waals surface area contributed by atoms with Crippen molar-refractivity contribution in [1.82, 2.24) is 9.97 Å². The fourth-order valence-corrected chi connectivity index (χ4v) is 2.16. The third-order valence-electron chi connectivity index (χ3n) is 3.48. The van der Waals surface area contributed by atoms with E-state index in [4.69, 9.17) is 15.2 Å². The minimum absolute atomic E-state index is 0.114. The number of fused-ring (bicyclic) bond motifs is 2. The Morgan fingerprint density at radius 3 is 2.63 bits per heavy atom. The van der Waals surface area contributed by atoms with Gasteiger partial charge in [-0.2, -0.15) is 0 Å². The molecule has 0 radical (unpaired) electrons. The second-order valence-corrected chi connectivity index (χ2v) is 5.31. The fraction of sp³-hybridized carbons (Fsp3) is 0.500. The van der Waals surface area contributed by atoms with E-state index in [9.17, 15) is 0 Å². The van der Waals surface area contributed by atoms with Crippen molar-refractivity contribution in [2.75, 3.05) is 13.2 Å². The lowest BCUT2D eigenvalue weighted by Crippen LogP contribution is -2.29. The molecule has 0 fully saturated rings. The molecule has 1 aromatic carbocycles. The highest BCUT2D eigenvalue weighted by molar-refractivity contribution is 5.79. The van der Waals surface area contributed by atoms with Crippen molar-refractivity contribution < 1.29 is 9.47 Å². The zero-order chi connectivity index (χ0) is 13.4. The van der Waals surface area contributed by atoms with Crippen LogP contribution in [0.5, 0.6) is 11.5 Å². The number of imidazole rings is 1. The molecule has 3 rings (SSSR count). The first-order chi connectivity index (χ1) is 9.13. The minimum atomic E-state index is 0.114. The summed E-state index contributed by atoms with van der Waals surface area (Å²) in [7, 11) is 0. The predicted octanol–water partition coefficient (Wildman–Crippen LogP) is 1.86. The molecule has 0 bridgehead atoms. The van der Waals surface area contributed by atoms with Crippen LogP contribution in [-0.4, -0.2) is 29.2 Å². The van der Waals surface area contributed by atoms with Crippen LogP contribution in [-0.2, 0) is 6.42 Å². The van der Waals surface area contributed by atoms with Gasteiger partial charge >= 0.3 is 0 Å². The van der Waals surface area contributed by atoms with Gasteiger partial charge in [-0.05, 0) is 5.92 Å². The smallest absolute Gasteiger partial charge is 0.163 e. The molecule has 0 saturated heterocycles. The molecule has 19 heavy (non-hydrogen) atoms. The Labute approximate surface area is 112 Å². The summed E-state index contributed by atoms with van der Waals surface area (Å²) >= 11 is 0. The summed E-state index contributed by atoms with van der Waals surface area (Å²) in [4.78, 5) is 7.88. The molecule has 0 amide bonds. The van der Waals surface area contributed by atoms with Crippen molar-refractivity contribution in [3.63, 3.8) is 0 Å². The van der Waals surface area contributed by atoms with Gasteiger partial charge in [0.2, 0.25) is 0 Å². The first-order valence-electron chi connectivity index (χ1n) is 6.67. The third-order valence-corrected chi connectivity index (χ3v) is 3.48. The number of H-pyrrole nitrogens is 1. The molecular formula is C14H19N3O2. The summed E-state index contributed by atoms with van der Waals surface area (Å²) in [6, 6.07) is 3.98. The van der Waals surface area contributed by atoms with E-state index in [1.807, 2.05) is 12.1 Å². The summed E-state index contributed by atoms with van der Waals surface area (Å²) in [5.41, 5.74) is 7.95. The lowest BCUT2D eigenvalue weighted by Gasteiger charge is -2.17. The van der Waals surface area contributed by atoms with Crippen LogP contribution in [0.3, 0.4) is 0 Å². The number of nitrogens with zero attached hydrogens (tertiary/aromatic N) is 1. The highest BCUT2D eigenvalue weighted by atomic mass is 16.6. The average Bonchev–Trinajstić information content (AvgIpc) is 2.76. The van der Waals surface area contributed by atoms with Crippen molar-refractivity contribution in [1.29, 1.82) is 0 Å². The molecule has 0 spiro atoms. The summed E-state index contributed by atoms with van der Waals surface area (Å²) in [6.45, 7) is 5.42. The Hall–Kier alpha value is -1.75. The highest BCUT2D eigenvalue weighted by Crippen LogP contribution is 2.33. The van der Waals surface area contributed by atoms with Gasteiger partial charge in [-0.15, -0.1) is 0 Å². The van der Waals surface area contributed by atoms with Crippen molar-refractivity contribution in [3.05, 3.63) is 18.0 Å². The molecule has 2 aromatic rings. The summed E-state index contributed by atoms with van der Waals surface area (Å²) in [6.07, 6.45) is 0.749. The molecule has 1 aliphatic rings. The number of benzene rings is 1. The predicted molar refractivity (Wildman–Crippen MR) is 73.6 cm³/mol. The second-order valence-electron chi connectivity index (χ2n) is 5.31. The number of ether oxygens (including phenoxy) is 2. The van der Waals surface area contributed by atoms with Gasteiger partial charge < -0.3 is 20.2 Å². The highest BCUT2D eigenvalue weighted by Gasteiger charge is 2.16. The molecule has 1 aromatic heterocycles.